The Balaban J connectivity index is 0.00000264. The molecule has 2 rings (SSSR count). The van der Waals surface area contributed by atoms with Gasteiger partial charge in [-0.1, -0.05) is 12.1 Å². The fourth-order valence-corrected chi connectivity index (χ4v) is 2.92. The minimum Gasteiger partial charge on any atom is -0.336 e. The summed E-state index contributed by atoms with van der Waals surface area (Å²) in [7, 11) is 1.68. The van der Waals surface area contributed by atoms with Crippen LogP contribution in [0.25, 0.3) is 0 Å². The quantitative estimate of drug-likeness (QED) is 0.766. The van der Waals surface area contributed by atoms with Crippen molar-refractivity contribution >= 4 is 45.8 Å². The van der Waals surface area contributed by atoms with E-state index in [1.807, 2.05) is 24.3 Å². The molecule has 5 nitrogen and oxygen atoms in total. The van der Waals surface area contributed by atoms with E-state index in [0.717, 1.165) is 30.4 Å². The Morgan fingerprint density at radius 3 is 2.78 bits per heavy atom. The van der Waals surface area contributed by atoms with E-state index in [0.29, 0.717) is 18.0 Å². The third-order valence-corrected chi connectivity index (χ3v) is 4.57. The maximum absolute atomic E-state index is 12.1. The number of hydrogen-bond donors (Lipinski definition) is 2. The zero-order chi connectivity index (χ0) is 15.9. The Bertz CT molecular complexity index is 536. The smallest absolute Gasteiger partial charge is 0.244 e. The van der Waals surface area contributed by atoms with Gasteiger partial charge >= 0.3 is 0 Å². The Morgan fingerprint density at radius 1 is 1.39 bits per heavy atom. The van der Waals surface area contributed by atoms with Crippen LogP contribution >= 0.6 is 28.3 Å². The van der Waals surface area contributed by atoms with E-state index < -0.39 is 0 Å². The predicted molar refractivity (Wildman–Crippen MR) is 97.9 cm³/mol. The highest BCUT2D eigenvalue weighted by Crippen LogP contribution is 2.21. The molecule has 23 heavy (non-hydrogen) atoms. The number of anilines is 1. The second-order valence-electron chi connectivity index (χ2n) is 5.68. The molecule has 1 fully saturated rings. The summed E-state index contributed by atoms with van der Waals surface area (Å²) in [6, 6.07) is 7.41. The zero-order valence-electron chi connectivity index (χ0n) is 13.2. The number of carbonyl (C=O) groups is 2. The van der Waals surface area contributed by atoms with Crippen molar-refractivity contribution in [2.24, 2.45) is 5.92 Å². The normalized spacial score (nSPS) is 16.5. The van der Waals surface area contributed by atoms with Gasteiger partial charge in [-0.2, -0.15) is 0 Å². The van der Waals surface area contributed by atoms with Crippen LogP contribution in [0.4, 0.5) is 5.69 Å². The highest BCUT2D eigenvalue weighted by atomic mass is 79.9. The summed E-state index contributed by atoms with van der Waals surface area (Å²) in [6.45, 7) is 2.12. The number of likely N-dealkylation sites (N-methyl/N-ethyl adjacent to an activating group) is 1. The molecule has 1 aliphatic rings. The van der Waals surface area contributed by atoms with Crippen molar-refractivity contribution in [1.29, 1.82) is 0 Å². The van der Waals surface area contributed by atoms with Crippen molar-refractivity contribution in [2.45, 2.75) is 19.3 Å². The lowest BCUT2D eigenvalue weighted by atomic mass is 10.0. The van der Waals surface area contributed by atoms with Crippen LogP contribution in [0.3, 0.4) is 0 Å². The van der Waals surface area contributed by atoms with Gasteiger partial charge < -0.3 is 15.5 Å². The topological polar surface area (TPSA) is 61.4 Å². The summed E-state index contributed by atoms with van der Waals surface area (Å²) in [4.78, 5) is 25.6. The molecule has 1 heterocycles. The van der Waals surface area contributed by atoms with Crippen LogP contribution in [-0.2, 0) is 9.59 Å². The van der Waals surface area contributed by atoms with Gasteiger partial charge in [0.1, 0.15) is 0 Å². The number of para-hydroxylation sites is 1. The molecule has 0 spiro atoms. The average Bonchev–Trinajstić information content (AvgIpc) is 3.00. The molecule has 1 saturated heterocycles. The summed E-state index contributed by atoms with van der Waals surface area (Å²) in [6.07, 6.45) is 2.53. The number of nitrogens with one attached hydrogen (secondary N) is 2. The van der Waals surface area contributed by atoms with Gasteiger partial charge in [0.15, 0.2) is 0 Å². The third kappa shape index (κ3) is 6.49. The van der Waals surface area contributed by atoms with Crippen molar-refractivity contribution in [2.75, 3.05) is 32.0 Å². The van der Waals surface area contributed by atoms with Crippen molar-refractivity contribution in [3.63, 3.8) is 0 Å². The summed E-state index contributed by atoms with van der Waals surface area (Å²) >= 11 is 3.38. The van der Waals surface area contributed by atoms with Crippen molar-refractivity contribution < 1.29 is 9.59 Å². The summed E-state index contributed by atoms with van der Waals surface area (Å²) in [5, 5.41) is 6.10. The maximum atomic E-state index is 12.1. The molecule has 0 bridgehead atoms. The Kier molecular flexibility index (Phi) is 8.58. The van der Waals surface area contributed by atoms with Crippen LogP contribution < -0.4 is 10.6 Å². The summed E-state index contributed by atoms with van der Waals surface area (Å²) in [5.41, 5.74) is 0.713. The number of benzene rings is 1. The minimum absolute atomic E-state index is 0. The molecular formula is C16H23BrClN3O2. The fourth-order valence-electron chi connectivity index (χ4n) is 2.54. The van der Waals surface area contributed by atoms with Gasteiger partial charge in [0.25, 0.3) is 0 Å². The van der Waals surface area contributed by atoms with E-state index in [-0.39, 0.29) is 30.8 Å². The molecule has 2 amide bonds. The maximum Gasteiger partial charge on any atom is 0.244 e. The lowest BCUT2D eigenvalue weighted by Gasteiger charge is -2.18. The second kappa shape index (κ2) is 9.90. The Morgan fingerprint density at radius 2 is 2.13 bits per heavy atom. The first-order valence-electron chi connectivity index (χ1n) is 7.55. The molecule has 1 atom stereocenters. The molecular weight excluding hydrogens is 382 g/mol. The van der Waals surface area contributed by atoms with E-state index >= 15 is 0 Å². The van der Waals surface area contributed by atoms with E-state index in [1.54, 1.807) is 7.05 Å². The molecule has 1 aliphatic heterocycles. The minimum atomic E-state index is -0.190. The van der Waals surface area contributed by atoms with Gasteiger partial charge in [0.05, 0.1) is 12.2 Å². The monoisotopic (exact) mass is 403 g/mol. The van der Waals surface area contributed by atoms with Crippen molar-refractivity contribution in [3.05, 3.63) is 28.7 Å². The number of amides is 2. The lowest BCUT2D eigenvalue weighted by molar-refractivity contribution is -0.133. The van der Waals surface area contributed by atoms with E-state index in [1.165, 1.54) is 4.90 Å². The number of halogens is 2. The van der Waals surface area contributed by atoms with Crippen LogP contribution in [0.1, 0.15) is 19.3 Å². The molecule has 1 unspecified atom stereocenters. The first kappa shape index (κ1) is 19.9. The SMILES string of the molecule is CN(CC(=O)Nc1ccccc1Br)C(=O)CCC1CCNC1.Cl. The van der Waals surface area contributed by atoms with Crippen LogP contribution in [0.15, 0.2) is 28.7 Å². The third-order valence-electron chi connectivity index (χ3n) is 3.88. The standard InChI is InChI=1S/C16H22BrN3O2.ClH/c1-20(16(22)7-6-12-8-9-18-10-12)11-15(21)19-14-5-3-2-4-13(14)17;/h2-5,12,18H,6-11H2,1H3,(H,19,21);1H. The Hall–Kier alpha value is -1.11. The van der Waals surface area contributed by atoms with Gasteiger partial charge in [-0.05, 0) is 59.9 Å². The zero-order valence-corrected chi connectivity index (χ0v) is 15.6. The summed E-state index contributed by atoms with van der Waals surface area (Å²) < 4.78 is 0.825. The molecule has 7 heteroatoms. The number of rotatable bonds is 6. The van der Waals surface area contributed by atoms with Crippen molar-refractivity contribution in [3.8, 4) is 0 Å². The van der Waals surface area contributed by atoms with Gasteiger partial charge in [0.2, 0.25) is 11.8 Å². The van der Waals surface area contributed by atoms with Gasteiger partial charge in [-0.25, -0.2) is 0 Å². The fraction of sp³-hybridized carbons (Fsp3) is 0.500. The van der Waals surface area contributed by atoms with E-state index in [2.05, 4.69) is 26.6 Å². The van der Waals surface area contributed by atoms with Gasteiger partial charge in [0, 0.05) is 17.9 Å². The molecule has 128 valence electrons. The molecule has 2 N–H and O–H groups in total. The first-order valence-corrected chi connectivity index (χ1v) is 8.34. The number of carbonyl (C=O) groups excluding carboxylic acids is 2. The van der Waals surface area contributed by atoms with Crippen LogP contribution in [-0.4, -0.2) is 43.4 Å². The highest BCUT2D eigenvalue weighted by molar-refractivity contribution is 9.10. The first-order chi connectivity index (χ1) is 10.6. The number of nitrogens with zero attached hydrogens (tertiary/aromatic N) is 1. The van der Waals surface area contributed by atoms with E-state index in [9.17, 15) is 9.59 Å². The number of hydrogen-bond acceptors (Lipinski definition) is 3. The molecule has 0 radical (unpaired) electrons. The molecule has 0 saturated carbocycles. The summed E-state index contributed by atoms with van der Waals surface area (Å²) in [5.74, 6) is 0.422. The van der Waals surface area contributed by atoms with Gasteiger partial charge in [-0.3, -0.25) is 9.59 Å². The van der Waals surface area contributed by atoms with Gasteiger partial charge in [-0.15, -0.1) is 12.4 Å². The predicted octanol–water partition coefficient (Wildman–Crippen LogP) is 2.66. The highest BCUT2D eigenvalue weighted by Gasteiger charge is 2.18. The molecule has 0 aliphatic carbocycles. The van der Waals surface area contributed by atoms with Crippen LogP contribution in [0, 0.1) is 5.92 Å². The molecule has 1 aromatic rings. The van der Waals surface area contributed by atoms with Crippen molar-refractivity contribution in [1.82, 2.24) is 10.2 Å². The molecule has 1 aromatic carbocycles. The molecule has 0 aromatic heterocycles. The second-order valence-corrected chi connectivity index (χ2v) is 6.53. The average molecular weight is 405 g/mol. The lowest BCUT2D eigenvalue weighted by Crippen LogP contribution is -2.35. The van der Waals surface area contributed by atoms with Crippen LogP contribution in [0.2, 0.25) is 0 Å². The largest absolute Gasteiger partial charge is 0.336 e. The van der Waals surface area contributed by atoms with Crippen LogP contribution in [0.5, 0.6) is 0 Å². The van der Waals surface area contributed by atoms with E-state index in [4.69, 9.17) is 0 Å². The Labute approximate surface area is 151 Å².